The first-order valence-corrected chi connectivity index (χ1v) is 8.84. The van der Waals surface area contributed by atoms with Crippen LogP contribution in [0.1, 0.15) is 37.0 Å². The molecule has 1 amide bonds. The molecule has 144 valence electrons. The van der Waals surface area contributed by atoms with Crippen LogP contribution < -0.4 is 9.47 Å². The molecule has 1 aliphatic rings. The highest BCUT2D eigenvalue weighted by molar-refractivity contribution is 5.95. The number of morpholine rings is 1. The van der Waals surface area contributed by atoms with E-state index < -0.39 is 12.1 Å². The summed E-state index contributed by atoms with van der Waals surface area (Å²) in [4.78, 5) is 25.2. The molecule has 1 unspecified atom stereocenters. The number of carbonyl (C=O) groups excluding carboxylic acids is 1. The lowest BCUT2D eigenvalue weighted by Gasteiger charge is -2.32. The SMILES string of the molecule is COc1cc(C(=O)N2CCOC(CC(=O)O)C2)ccc1OCCC(C)C. The summed E-state index contributed by atoms with van der Waals surface area (Å²) in [5.41, 5.74) is 0.481. The minimum Gasteiger partial charge on any atom is -0.493 e. The Morgan fingerprint density at radius 1 is 1.35 bits per heavy atom. The Kier molecular flexibility index (Phi) is 7.26. The standard InChI is InChI=1S/C19H27NO6/c1-13(2)6-8-26-16-5-4-14(10-17(16)24-3)19(23)20-7-9-25-15(12-20)11-18(21)22/h4-5,10,13,15H,6-9,11-12H2,1-3H3,(H,21,22). The minimum atomic E-state index is -0.936. The van der Waals surface area contributed by atoms with Crippen molar-refractivity contribution >= 4 is 11.9 Å². The van der Waals surface area contributed by atoms with Crippen molar-refractivity contribution in [1.29, 1.82) is 0 Å². The first kappa shape index (κ1) is 20.0. The number of ether oxygens (including phenoxy) is 3. The number of hydrogen-bond acceptors (Lipinski definition) is 5. The van der Waals surface area contributed by atoms with Gasteiger partial charge in [0.25, 0.3) is 5.91 Å². The molecule has 1 saturated heterocycles. The Bertz CT molecular complexity index is 630. The molecular weight excluding hydrogens is 338 g/mol. The van der Waals surface area contributed by atoms with Crippen LogP contribution in [0.5, 0.6) is 11.5 Å². The largest absolute Gasteiger partial charge is 0.493 e. The summed E-state index contributed by atoms with van der Waals surface area (Å²) in [6.45, 7) is 5.87. The number of nitrogens with zero attached hydrogens (tertiary/aromatic N) is 1. The van der Waals surface area contributed by atoms with Crippen LogP contribution in [-0.4, -0.2) is 61.4 Å². The van der Waals surface area contributed by atoms with Crippen LogP contribution in [0.25, 0.3) is 0 Å². The normalized spacial score (nSPS) is 17.2. The van der Waals surface area contributed by atoms with Crippen LogP contribution in [0.15, 0.2) is 18.2 Å². The highest BCUT2D eigenvalue weighted by atomic mass is 16.5. The van der Waals surface area contributed by atoms with E-state index in [1.165, 1.54) is 7.11 Å². The van der Waals surface area contributed by atoms with E-state index in [0.29, 0.717) is 42.7 Å². The molecule has 0 aliphatic carbocycles. The fourth-order valence-corrected chi connectivity index (χ4v) is 2.73. The predicted octanol–water partition coefficient (Wildman–Crippen LogP) is 2.44. The summed E-state index contributed by atoms with van der Waals surface area (Å²) in [6, 6.07) is 5.10. The third-order valence-corrected chi connectivity index (χ3v) is 4.19. The van der Waals surface area contributed by atoms with Crippen molar-refractivity contribution in [2.45, 2.75) is 32.8 Å². The van der Waals surface area contributed by atoms with E-state index in [-0.39, 0.29) is 18.9 Å². The zero-order valence-corrected chi connectivity index (χ0v) is 15.6. The van der Waals surface area contributed by atoms with Crippen LogP contribution in [0.3, 0.4) is 0 Å². The molecule has 0 radical (unpaired) electrons. The number of methoxy groups -OCH3 is 1. The van der Waals surface area contributed by atoms with Crippen molar-refractivity contribution < 1.29 is 28.9 Å². The lowest BCUT2D eigenvalue weighted by molar-refractivity contribution is -0.141. The van der Waals surface area contributed by atoms with Crippen molar-refractivity contribution in [3.63, 3.8) is 0 Å². The van der Waals surface area contributed by atoms with Gasteiger partial charge in [0.15, 0.2) is 11.5 Å². The molecule has 26 heavy (non-hydrogen) atoms. The van der Waals surface area contributed by atoms with Crippen molar-refractivity contribution in [2.24, 2.45) is 5.92 Å². The first-order valence-electron chi connectivity index (χ1n) is 8.84. The van der Waals surface area contributed by atoms with Crippen molar-refractivity contribution in [2.75, 3.05) is 33.4 Å². The van der Waals surface area contributed by atoms with E-state index in [9.17, 15) is 9.59 Å². The van der Waals surface area contributed by atoms with Gasteiger partial charge in [-0.25, -0.2) is 0 Å². The number of amides is 1. The van der Waals surface area contributed by atoms with Crippen molar-refractivity contribution in [3.8, 4) is 11.5 Å². The van der Waals surface area contributed by atoms with Gasteiger partial charge in [-0.05, 0) is 30.5 Å². The number of hydrogen-bond donors (Lipinski definition) is 1. The lowest BCUT2D eigenvalue weighted by Crippen LogP contribution is -2.46. The molecule has 7 nitrogen and oxygen atoms in total. The summed E-state index contributed by atoms with van der Waals surface area (Å²) in [5.74, 6) is 0.553. The van der Waals surface area contributed by atoms with Gasteiger partial charge >= 0.3 is 5.97 Å². The Hall–Kier alpha value is -2.28. The lowest BCUT2D eigenvalue weighted by atomic mass is 10.1. The molecule has 0 bridgehead atoms. The van der Waals surface area contributed by atoms with Gasteiger partial charge in [0, 0.05) is 18.7 Å². The maximum absolute atomic E-state index is 12.7. The molecule has 1 aromatic rings. The van der Waals surface area contributed by atoms with E-state index in [4.69, 9.17) is 19.3 Å². The van der Waals surface area contributed by atoms with Crippen LogP contribution >= 0.6 is 0 Å². The van der Waals surface area contributed by atoms with Gasteiger partial charge in [0.1, 0.15) is 0 Å². The van der Waals surface area contributed by atoms with Crippen LogP contribution in [0, 0.1) is 5.92 Å². The van der Waals surface area contributed by atoms with E-state index in [1.807, 2.05) is 0 Å². The number of aliphatic carboxylic acids is 1. The fourth-order valence-electron chi connectivity index (χ4n) is 2.73. The third kappa shape index (κ3) is 5.62. The molecule has 1 heterocycles. The second-order valence-corrected chi connectivity index (χ2v) is 6.74. The van der Waals surface area contributed by atoms with Crippen molar-refractivity contribution in [3.05, 3.63) is 23.8 Å². The van der Waals surface area contributed by atoms with Crippen LogP contribution in [0.4, 0.5) is 0 Å². The Morgan fingerprint density at radius 3 is 2.77 bits per heavy atom. The number of carbonyl (C=O) groups is 2. The Balaban J connectivity index is 2.05. The molecule has 0 spiro atoms. The second-order valence-electron chi connectivity index (χ2n) is 6.74. The highest BCUT2D eigenvalue weighted by Gasteiger charge is 2.27. The number of rotatable bonds is 8. The van der Waals surface area contributed by atoms with Crippen LogP contribution in [-0.2, 0) is 9.53 Å². The Morgan fingerprint density at radius 2 is 2.12 bits per heavy atom. The highest BCUT2D eigenvalue weighted by Crippen LogP contribution is 2.29. The molecule has 7 heteroatoms. The molecule has 0 saturated carbocycles. The summed E-state index contributed by atoms with van der Waals surface area (Å²) in [5, 5.41) is 8.90. The topological polar surface area (TPSA) is 85.3 Å². The van der Waals surface area contributed by atoms with E-state index >= 15 is 0 Å². The van der Waals surface area contributed by atoms with Gasteiger partial charge in [-0.3, -0.25) is 9.59 Å². The van der Waals surface area contributed by atoms with E-state index in [0.717, 1.165) is 6.42 Å². The first-order chi connectivity index (χ1) is 12.4. The van der Waals surface area contributed by atoms with Gasteiger partial charge in [-0.1, -0.05) is 13.8 Å². The summed E-state index contributed by atoms with van der Waals surface area (Å²) >= 11 is 0. The number of benzene rings is 1. The molecule has 2 rings (SSSR count). The van der Waals surface area contributed by atoms with Crippen molar-refractivity contribution in [1.82, 2.24) is 4.90 Å². The average molecular weight is 365 g/mol. The summed E-state index contributed by atoms with van der Waals surface area (Å²) in [7, 11) is 1.54. The smallest absolute Gasteiger partial charge is 0.306 e. The van der Waals surface area contributed by atoms with Gasteiger partial charge in [0.2, 0.25) is 0 Å². The molecule has 1 atom stereocenters. The second kappa shape index (κ2) is 9.43. The van der Waals surface area contributed by atoms with Gasteiger partial charge in [-0.2, -0.15) is 0 Å². The minimum absolute atomic E-state index is 0.115. The summed E-state index contributed by atoms with van der Waals surface area (Å²) in [6.07, 6.45) is 0.337. The summed E-state index contributed by atoms with van der Waals surface area (Å²) < 4.78 is 16.5. The number of carboxylic acid groups (broad SMARTS) is 1. The predicted molar refractivity (Wildman–Crippen MR) is 95.8 cm³/mol. The zero-order chi connectivity index (χ0) is 19.1. The average Bonchev–Trinajstić information content (AvgIpc) is 2.60. The Labute approximate surface area is 153 Å². The molecule has 1 N–H and O–H groups in total. The van der Waals surface area contributed by atoms with E-state index in [1.54, 1.807) is 23.1 Å². The third-order valence-electron chi connectivity index (χ3n) is 4.19. The molecule has 1 fully saturated rings. The van der Waals surface area contributed by atoms with E-state index in [2.05, 4.69) is 13.8 Å². The fraction of sp³-hybridized carbons (Fsp3) is 0.579. The molecule has 0 aromatic heterocycles. The molecule has 1 aliphatic heterocycles. The molecular formula is C19H27NO6. The maximum atomic E-state index is 12.7. The van der Waals surface area contributed by atoms with Gasteiger partial charge < -0.3 is 24.2 Å². The van der Waals surface area contributed by atoms with Crippen LogP contribution in [0.2, 0.25) is 0 Å². The maximum Gasteiger partial charge on any atom is 0.306 e. The zero-order valence-electron chi connectivity index (χ0n) is 15.6. The van der Waals surface area contributed by atoms with Gasteiger partial charge in [0.05, 0.1) is 32.8 Å². The quantitative estimate of drug-likeness (QED) is 0.762. The number of carboxylic acids is 1. The monoisotopic (exact) mass is 365 g/mol. The molecule has 1 aromatic carbocycles. The van der Waals surface area contributed by atoms with Gasteiger partial charge in [-0.15, -0.1) is 0 Å².